The average Bonchev–Trinajstić information content (AvgIpc) is 2.20. The highest BCUT2D eigenvalue weighted by Gasteiger charge is 2.01. The van der Waals surface area contributed by atoms with Gasteiger partial charge in [0.05, 0.1) is 10.7 Å². The van der Waals surface area contributed by atoms with Crippen molar-refractivity contribution in [1.29, 1.82) is 0 Å². The Morgan fingerprint density at radius 1 is 1.00 bits per heavy atom. The van der Waals surface area contributed by atoms with E-state index in [1.54, 1.807) is 18.6 Å². The Hall–Kier alpha value is -1.12. The summed E-state index contributed by atoms with van der Waals surface area (Å²) in [5.41, 5.74) is 1.78. The third-order valence-corrected chi connectivity index (χ3v) is 2.02. The van der Waals surface area contributed by atoms with Gasteiger partial charge in [0.15, 0.2) is 0 Å². The molecule has 0 unspecified atom stereocenters. The lowest BCUT2D eigenvalue weighted by molar-refractivity contribution is 1.29. The maximum atomic E-state index is 5.98. The monoisotopic (exact) mass is 226 g/mol. The van der Waals surface area contributed by atoms with E-state index >= 15 is 0 Å². The average molecular weight is 227 g/mol. The van der Waals surface area contributed by atoms with E-state index in [9.17, 15) is 0 Å². The second-order valence-electron chi connectivity index (χ2n) is 2.57. The fraction of sp³-hybridized carbons (Fsp3) is 0. The Bertz CT molecular complexity index is 404. The van der Waals surface area contributed by atoms with Crippen LogP contribution in [0.5, 0.6) is 0 Å². The molecule has 0 aliphatic rings. The van der Waals surface area contributed by atoms with Gasteiger partial charge < -0.3 is 0 Å². The number of halogens is 2. The van der Waals surface area contributed by atoms with E-state index in [2.05, 4.69) is 9.97 Å². The molecule has 0 fully saturated rings. The Morgan fingerprint density at radius 2 is 1.71 bits per heavy atom. The van der Waals surface area contributed by atoms with Crippen molar-refractivity contribution in [2.75, 3.05) is 0 Å². The van der Waals surface area contributed by atoms with E-state index in [0.29, 0.717) is 5.02 Å². The van der Waals surface area contributed by atoms with E-state index in [4.69, 9.17) is 11.6 Å². The Labute approximate surface area is 93.4 Å². The van der Waals surface area contributed by atoms with Crippen LogP contribution < -0.4 is 0 Å². The van der Waals surface area contributed by atoms with Crippen LogP contribution in [0, 0.1) is 0 Å². The van der Waals surface area contributed by atoms with Crippen molar-refractivity contribution in [2.45, 2.75) is 0 Å². The zero-order valence-electron chi connectivity index (χ0n) is 7.22. The third-order valence-electron chi connectivity index (χ3n) is 1.71. The quantitative estimate of drug-likeness (QED) is 0.747. The highest BCUT2D eigenvalue weighted by atomic mass is 35.5. The van der Waals surface area contributed by atoms with Crippen LogP contribution in [0.2, 0.25) is 5.02 Å². The second-order valence-corrected chi connectivity index (χ2v) is 2.98. The SMILES string of the molecule is Cl.Clc1cccnc1-c1ccncc1. The van der Waals surface area contributed by atoms with Gasteiger partial charge in [0, 0.05) is 24.2 Å². The van der Waals surface area contributed by atoms with Gasteiger partial charge in [0.25, 0.3) is 0 Å². The lowest BCUT2D eigenvalue weighted by atomic mass is 10.2. The minimum atomic E-state index is 0. The molecule has 2 aromatic rings. The maximum Gasteiger partial charge on any atom is 0.0889 e. The van der Waals surface area contributed by atoms with Crippen molar-refractivity contribution in [2.24, 2.45) is 0 Å². The summed E-state index contributed by atoms with van der Waals surface area (Å²) in [4.78, 5) is 8.12. The highest BCUT2D eigenvalue weighted by Crippen LogP contribution is 2.23. The minimum Gasteiger partial charge on any atom is -0.265 e. The molecule has 0 aliphatic carbocycles. The number of rotatable bonds is 1. The molecule has 2 aromatic heterocycles. The van der Waals surface area contributed by atoms with Gasteiger partial charge in [-0.2, -0.15) is 0 Å². The summed E-state index contributed by atoms with van der Waals surface area (Å²) in [6, 6.07) is 7.40. The first-order chi connectivity index (χ1) is 6.38. The summed E-state index contributed by atoms with van der Waals surface area (Å²) in [6.45, 7) is 0. The van der Waals surface area contributed by atoms with E-state index in [-0.39, 0.29) is 12.4 Å². The van der Waals surface area contributed by atoms with Gasteiger partial charge in [-0.15, -0.1) is 12.4 Å². The standard InChI is InChI=1S/C10H7ClN2.ClH/c11-9-2-1-5-13-10(9)8-3-6-12-7-4-8;/h1-7H;1H. The molecule has 0 radical (unpaired) electrons. The van der Waals surface area contributed by atoms with Crippen LogP contribution in [0.1, 0.15) is 0 Å². The number of hydrogen-bond acceptors (Lipinski definition) is 2. The molecular weight excluding hydrogens is 219 g/mol. The molecule has 0 bridgehead atoms. The van der Waals surface area contributed by atoms with E-state index < -0.39 is 0 Å². The number of hydrogen-bond donors (Lipinski definition) is 0. The van der Waals surface area contributed by atoms with Crippen LogP contribution in [0.4, 0.5) is 0 Å². The van der Waals surface area contributed by atoms with Gasteiger partial charge >= 0.3 is 0 Å². The Morgan fingerprint density at radius 3 is 2.36 bits per heavy atom. The summed E-state index contributed by atoms with van der Waals surface area (Å²) >= 11 is 5.98. The number of pyridine rings is 2. The minimum absolute atomic E-state index is 0. The molecule has 0 atom stereocenters. The lowest BCUT2D eigenvalue weighted by Crippen LogP contribution is -1.83. The normalized spacial score (nSPS) is 9.21. The fourth-order valence-corrected chi connectivity index (χ4v) is 1.34. The number of nitrogens with zero attached hydrogens (tertiary/aromatic N) is 2. The van der Waals surface area contributed by atoms with Crippen LogP contribution in [-0.4, -0.2) is 9.97 Å². The third kappa shape index (κ3) is 2.22. The molecule has 14 heavy (non-hydrogen) atoms. The molecule has 0 saturated carbocycles. The molecule has 0 aromatic carbocycles. The maximum absolute atomic E-state index is 5.98. The molecular formula is C10H8Cl2N2. The zero-order chi connectivity index (χ0) is 9.10. The molecule has 0 N–H and O–H groups in total. The summed E-state index contributed by atoms with van der Waals surface area (Å²) in [6.07, 6.45) is 5.17. The van der Waals surface area contributed by atoms with Crippen molar-refractivity contribution in [3.63, 3.8) is 0 Å². The van der Waals surface area contributed by atoms with Crippen LogP contribution in [0.25, 0.3) is 11.3 Å². The fourth-order valence-electron chi connectivity index (χ4n) is 1.11. The molecule has 4 heteroatoms. The first kappa shape index (κ1) is 11.0. The summed E-state index contributed by atoms with van der Waals surface area (Å²) in [5, 5.41) is 0.661. The molecule has 2 heterocycles. The summed E-state index contributed by atoms with van der Waals surface area (Å²) < 4.78 is 0. The van der Waals surface area contributed by atoms with E-state index in [0.717, 1.165) is 11.3 Å². The van der Waals surface area contributed by atoms with Gasteiger partial charge in [-0.25, -0.2) is 0 Å². The predicted octanol–water partition coefficient (Wildman–Crippen LogP) is 3.22. The van der Waals surface area contributed by atoms with Gasteiger partial charge in [0.1, 0.15) is 0 Å². The molecule has 72 valence electrons. The largest absolute Gasteiger partial charge is 0.265 e. The van der Waals surface area contributed by atoms with E-state index in [1.807, 2.05) is 24.3 Å². The van der Waals surface area contributed by atoms with Crippen molar-refractivity contribution in [3.8, 4) is 11.3 Å². The van der Waals surface area contributed by atoms with Crippen molar-refractivity contribution >= 4 is 24.0 Å². The second kappa shape index (κ2) is 4.94. The molecule has 0 spiro atoms. The van der Waals surface area contributed by atoms with Crippen molar-refractivity contribution in [1.82, 2.24) is 9.97 Å². The van der Waals surface area contributed by atoms with Gasteiger partial charge in [0.2, 0.25) is 0 Å². The Kier molecular flexibility index (Phi) is 3.86. The lowest BCUT2D eigenvalue weighted by Gasteiger charge is -2.00. The van der Waals surface area contributed by atoms with Gasteiger partial charge in [-0.1, -0.05) is 11.6 Å². The number of aromatic nitrogens is 2. The first-order valence-corrected chi connectivity index (χ1v) is 4.26. The zero-order valence-corrected chi connectivity index (χ0v) is 8.79. The van der Waals surface area contributed by atoms with Crippen molar-refractivity contribution in [3.05, 3.63) is 47.9 Å². The molecule has 0 saturated heterocycles. The molecule has 0 aliphatic heterocycles. The summed E-state index contributed by atoms with van der Waals surface area (Å²) in [7, 11) is 0. The van der Waals surface area contributed by atoms with Gasteiger partial charge in [-0.3, -0.25) is 9.97 Å². The van der Waals surface area contributed by atoms with Crippen LogP contribution in [0.3, 0.4) is 0 Å². The smallest absolute Gasteiger partial charge is 0.0889 e. The molecule has 2 rings (SSSR count). The van der Waals surface area contributed by atoms with Crippen molar-refractivity contribution < 1.29 is 0 Å². The predicted molar refractivity (Wildman–Crippen MR) is 59.7 cm³/mol. The Balaban J connectivity index is 0.000000980. The molecule has 0 amide bonds. The molecule has 2 nitrogen and oxygen atoms in total. The summed E-state index contributed by atoms with van der Waals surface area (Å²) in [5.74, 6) is 0. The van der Waals surface area contributed by atoms with Crippen LogP contribution >= 0.6 is 24.0 Å². The highest BCUT2D eigenvalue weighted by molar-refractivity contribution is 6.32. The van der Waals surface area contributed by atoms with Crippen LogP contribution in [-0.2, 0) is 0 Å². The van der Waals surface area contributed by atoms with Gasteiger partial charge in [-0.05, 0) is 24.3 Å². The topological polar surface area (TPSA) is 25.8 Å². The van der Waals surface area contributed by atoms with Crippen LogP contribution in [0.15, 0.2) is 42.9 Å². The first-order valence-electron chi connectivity index (χ1n) is 3.89. The van der Waals surface area contributed by atoms with E-state index in [1.165, 1.54) is 0 Å².